The Bertz CT molecular complexity index is 1090. The molecule has 0 unspecified atom stereocenters. The van der Waals surface area contributed by atoms with E-state index in [9.17, 15) is 19.7 Å². The number of anilines is 2. The minimum Gasteiger partial charge on any atom is -0.493 e. The summed E-state index contributed by atoms with van der Waals surface area (Å²) < 4.78 is 10.6. The van der Waals surface area contributed by atoms with Crippen molar-refractivity contribution in [2.75, 3.05) is 37.6 Å². The van der Waals surface area contributed by atoms with Crippen molar-refractivity contribution < 1.29 is 24.0 Å². The maximum Gasteiger partial charge on any atom is 0.294 e. The van der Waals surface area contributed by atoms with E-state index in [1.54, 1.807) is 38.3 Å². The van der Waals surface area contributed by atoms with Gasteiger partial charge < -0.3 is 14.4 Å². The van der Waals surface area contributed by atoms with Gasteiger partial charge in [0.15, 0.2) is 11.5 Å². The molecule has 9 heteroatoms. The number of carbonyl (C=O) groups excluding carboxylic acids is 2. The third-order valence-electron chi connectivity index (χ3n) is 6.85. The smallest absolute Gasteiger partial charge is 0.294 e. The molecule has 34 heavy (non-hydrogen) atoms. The van der Waals surface area contributed by atoms with Crippen LogP contribution in [-0.2, 0) is 16.0 Å². The highest BCUT2D eigenvalue weighted by Crippen LogP contribution is 2.42. The summed E-state index contributed by atoms with van der Waals surface area (Å²) in [6, 6.07) is 10.2. The SMILES string of the molecule is COc1ccc(CCN(C)c2ccc(N3C(=O)[C@@H]4CCCC[C@H]4C3=O)cc2[N+](=O)[O-])cc1OC. The molecule has 2 atom stereocenters. The highest BCUT2D eigenvalue weighted by atomic mass is 16.6. The largest absolute Gasteiger partial charge is 0.493 e. The second-order valence-corrected chi connectivity index (χ2v) is 8.80. The van der Waals surface area contributed by atoms with Crippen LogP contribution in [0.3, 0.4) is 0 Å². The number of amides is 2. The molecule has 2 fully saturated rings. The van der Waals surface area contributed by atoms with Crippen molar-refractivity contribution in [3.05, 3.63) is 52.1 Å². The summed E-state index contributed by atoms with van der Waals surface area (Å²) >= 11 is 0. The zero-order chi connectivity index (χ0) is 24.4. The van der Waals surface area contributed by atoms with Crippen molar-refractivity contribution in [1.29, 1.82) is 0 Å². The van der Waals surface area contributed by atoms with Crippen LogP contribution in [0.25, 0.3) is 0 Å². The van der Waals surface area contributed by atoms with Crippen LogP contribution in [-0.4, -0.2) is 44.5 Å². The Balaban J connectivity index is 1.54. The zero-order valence-corrected chi connectivity index (χ0v) is 19.7. The highest BCUT2D eigenvalue weighted by Gasteiger charge is 2.49. The maximum atomic E-state index is 12.9. The molecule has 4 rings (SSSR count). The quantitative estimate of drug-likeness (QED) is 0.329. The molecule has 1 saturated carbocycles. The summed E-state index contributed by atoms with van der Waals surface area (Å²) in [6.07, 6.45) is 3.88. The number of nitro groups is 1. The first-order chi connectivity index (χ1) is 16.3. The standard InChI is InChI=1S/C25H29N3O6/c1-26(13-12-16-8-11-22(33-2)23(14-16)34-3)20-10-9-17(15-21(20)28(31)32)27-24(29)18-6-4-5-7-19(18)25(27)30/h8-11,14-15,18-19H,4-7,12-13H2,1-3H3/t18-,19-/m1/s1. The summed E-state index contributed by atoms with van der Waals surface area (Å²) in [4.78, 5) is 40.2. The number of hydrogen-bond acceptors (Lipinski definition) is 7. The van der Waals surface area contributed by atoms with Gasteiger partial charge in [-0.05, 0) is 49.1 Å². The monoisotopic (exact) mass is 467 g/mol. The van der Waals surface area contributed by atoms with Gasteiger partial charge in [-0.3, -0.25) is 19.7 Å². The molecule has 1 aliphatic heterocycles. The molecule has 1 saturated heterocycles. The fourth-order valence-corrected chi connectivity index (χ4v) is 4.99. The zero-order valence-electron chi connectivity index (χ0n) is 19.7. The molecule has 1 aliphatic carbocycles. The molecular formula is C25H29N3O6. The van der Waals surface area contributed by atoms with Crippen LogP contribution in [0.4, 0.5) is 17.1 Å². The Kier molecular flexibility index (Phi) is 6.72. The molecule has 2 amide bonds. The van der Waals surface area contributed by atoms with E-state index in [2.05, 4.69) is 0 Å². The predicted molar refractivity (Wildman–Crippen MR) is 128 cm³/mol. The number of nitrogens with zero attached hydrogens (tertiary/aromatic N) is 3. The number of hydrogen-bond donors (Lipinski definition) is 0. The van der Waals surface area contributed by atoms with Gasteiger partial charge in [0, 0.05) is 19.7 Å². The number of ether oxygens (including phenoxy) is 2. The van der Waals surface area contributed by atoms with Crippen molar-refractivity contribution in [1.82, 2.24) is 0 Å². The number of benzene rings is 2. The molecule has 2 aliphatic rings. The Morgan fingerprint density at radius 3 is 2.24 bits per heavy atom. The van der Waals surface area contributed by atoms with Gasteiger partial charge >= 0.3 is 0 Å². The van der Waals surface area contributed by atoms with E-state index in [4.69, 9.17) is 9.47 Å². The summed E-state index contributed by atoms with van der Waals surface area (Å²) in [5, 5.41) is 11.9. The van der Waals surface area contributed by atoms with E-state index in [1.165, 1.54) is 6.07 Å². The lowest BCUT2D eigenvalue weighted by atomic mass is 9.81. The summed E-state index contributed by atoms with van der Waals surface area (Å²) in [5.41, 5.74) is 1.56. The van der Waals surface area contributed by atoms with Crippen LogP contribution < -0.4 is 19.3 Å². The lowest BCUT2D eigenvalue weighted by molar-refractivity contribution is -0.384. The Morgan fingerprint density at radius 2 is 1.65 bits per heavy atom. The Hall–Kier alpha value is -3.62. The number of fused-ring (bicyclic) bond motifs is 1. The number of rotatable bonds is 8. The number of methoxy groups -OCH3 is 2. The highest BCUT2D eigenvalue weighted by molar-refractivity contribution is 6.22. The van der Waals surface area contributed by atoms with Gasteiger partial charge in [0.2, 0.25) is 11.8 Å². The number of nitro benzene ring substituents is 1. The summed E-state index contributed by atoms with van der Waals surface area (Å²) in [7, 11) is 4.93. The van der Waals surface area contributed by atoms with Crippen LogP contribution in [0.5, 0.6) is 11.5 Å². The van der Waals surface area contributed by atoms with Gasteiger partial charge in [-0.2, -0.15) is 0 Å². The first-order valence-corrected chi connectivity index (χ1v) is 11.4. The fourth-order valence-electron chi connectivity index (χ4n) is 4.99. The third kappa shape index (κ3) is 4.30. The van der Waals surface area contributed by atoms with Gasteiger partial charge in [-0.25, -0.2) is 4.90 Å². The van der Waals surface area contributed by atoms with Crippen LogP contribution in [0.1, 0.15) is 31.2 Å². The van der Waals surface area contributed by atoms with E-state index in [0.717, 1.165) is 23.3 Å². The molecular weight excluding hydrogens is 438 g/mol. The normalized spacial score (nSPS) is 19.7. The second-order valence-electron chi connectivity index (χ2n) is 8.80. The van der Waals surface area contributed by atoms with E-state index >= 15 is 0 Å². The van der Waals surface area contributed by atoms with E-state index in [1.807, 2.05) is 18.2 Å². The molecule has 0 aromatic heterocycles. The van der Waals surface area contributed by atoms with Crippen LogP contribution in [0.15, 0.2) is 36.4 Å². The van der Waals surface area contributed by atoms with E-state index in [-0.39, 0.29) is 35.0 Å². The molecule has 2 aromatic carbocycles. The summed E-state index contributed by atoms with van der Waals surface area (Å²) in [5.74, 6) is 0.181. The average molecular weight is 468 g/mol. The fraction of sp³-hybridized carbons (Fsp3) is 0.440. The molecule has 180 valence electrons. The number of imide groups is 1. The third-order valence-corrected chi connectivity index (χ3v) is 6.85. The summed E-state index contributed by atoms with van der Waals surface area (Å²) in [6.45, 7) is 0.515. The molecule has 0 radical (unpaired) electrons. The number of likely N-dealkylation sites (N-methyl/N-ethyl adjacent to an activating group) is 1. The Labute approximate surface area is 198 Å². The molecule has 0 N–H and O–H groups in total. The van der Waals surface area contributed by atoms with Gasteiger partial charge in [0.25, 0.3) is 5.69 Å². The minimum atomic E-state index is -0.468. The van der Waals surface area contributed by atoms with Crippen LogP contribution >= 0.6 is 0 Å². The lowest BCUT2D eigenvalue weighted by Crippen LogP contribution is -2.31. The van der Waals surface area contributed by atoms with Crippen molar-refractivity contribution in [2.45, 2.75) is 32.1 Å². The van der Waals surface area contributed by atoms with Crippen molar-refractivity contribution in [3.63, 3.8) is 0 Å². The van der Waals surface area contributed by atoms with Crippen LogP contribution in [0.2, 0.25) is 0 Å². The van der Waals surface area contributed by atoms with Crippen LogP contribution in [0, 0.1) is 22.0 Å². The molecule has 9 nitrogen and oxygen atoms in total. The van der Waals surface area contributed by atoms with E-state index in [0.29, 0.717) is 43.0 Å². The predicted octanol–water partition coefficient (Wildman–Crippen LogP) is 3.97. The van der Waals surface area contributed by atoms with Crippen molar-refractivity contribution in [3.8, 4) is 11.5 Å². The molecule has 2 aromatic rings. The van der Waals surface area contributed by atoms with Gasteiger partial charge in [0.1, 0.15) is 5.69 Å². The number of carbonyl (C=O) groups is 2. The second kappa shape index (κ2) is 9.70. The Morgan fingerprint density at radius 1 is 1.00 bits per heavy atom. The maximum absolute atomic E-state index is 12.9. The molecule has 0 spiro atoms. The van der Waals surface area contributed by atoms with Crippen molar-refractivity contribution in [2.24, 2.45) is 11.8 Å². The average Bonchev–Trinajstić information content (AvgIpc) is 3.11. The first-order valence-electron chi connectivity index (χ1n) is 11.4. The van der Waals surface area contributed by atoms with Crippen molar-refractivity contribution >= 4 is 28.9 Å². The van der Waals surface area contributed by atoms with Gasteiger partial charge in [-0.1, -0.05) is 18.9 Å². The minimum absolute atomic E-state index is 0.136. The molecule has 1 heterocycles. The van der Waals surface area contributed by atoms with Gasteiger partial charge in [-0.15, -0.1) is 0 Å². The van der Waals surface area contributed by atoms with E-state index < -0.39 is 4.92 Å². The topological polar surface area (TPSA) is 102 Å². The molecule has 0 bridgehead atoms. The first kappa shape index (κ1) is 23.5. The lowest BCUT2D eigenvalue weighted by Gasteiger charge is -2.21. The van der Waals surface area contributed by atoms with Gasteiger partial charge in [0.05, 0.1) is 36.7 Å².